The predicted octanol–water partition coefficient (Wildman–Crippen LogP) is 0.678. The maximum atomic E-state index is 12.8. The van der Waals surface area contributed by atoms with Crippen LogP contribution in [0.25, 0.3) is 10.9 Å². The van der Waals surface area contributed by atoms with E-state index in [2.05, 4.69) is 4.72 Å². The van der Waals surface area contributed by atoms with E-state index < -0.39 is 32.7 Å². The summed E-state index contributed by atoms with van der Waals surface area (Å²) in [6.07, 6.45) is 1.51. The Hall–Kier alpha value is -3.24. The predicted molar refractivity (Wildman–Crippen MR) is 115 cm³/mol. The summed E-state index contributed by atoms with van der Waals surface area (Å²) in [6, 6.07) is 10.7. The molecular formula is C21H22N4O5S. The monoisotopic (exact) mass is 442 g/mol. The SMILES string of the molecule is Cn1c(=O)c2cc(S(=O)(=O)NC3(C)CC3)ccc2n(Cc2cccc(C(N)=O)c2)c1=O. The van der Waals surface area contributed by atoms with Gasteiger partial charge < -0.3 is 5.73 Å². The second kappa shape index (κ2) is 7.17. The Morgan fingerprint density at radius 2 is 1.87 bits per heavy atom. The molecular weight excluding hydrogens is 420 g/mol. The molecule has 1 saturated carbocycles. The van der Waals surface area contributed by atoms with Crippen LogP contribution in [0.4, 0.5) is 0 Å². The fraction of sp³-hybridized carbons (Fsp3) is 0.286. The van der Waals surface area contributed by atoms with Crippen LogP contribution < -0.4 is 21.7 Å². The number of nitrogens with one attached hydrogen (secondary N) is 1. The van der Waals surface area contributed by atoms with Crippen LogP contribution >= 0.6 is 0 Å². The zero-order valence-corrected chi connectivity index (χ0v) is 17.9. The van der Waals surface area contributed by atoms with E-state index >= 15 is 0 Å². The largest absolute Gasteiger partial charge is 0.366 e. The van der Waals surface area contributed by atoms with Crippen molar-refractivity contribution in [3.8, 4) is 0 Å². The molecule has 0 saturated heterocycles. The van der Waals surface area contributed by atoms with Crippen LogP contribution in [0.5, 0.6) is 0 Å². The van der Waals surface area contributed by atoms with Crippen molar-refractivity contribution in [2.45, 2.75) is 36.7 Å². The van der Waals surface area contributed by atoms with Crippen molar-refractivity contribution in [3.63, 3.8) is 0 Å². The molecule has 162 valence electrons. The maximum Gasteiger partial charge on any atom is 0.331 e. The number of fused-ring (bicyclic) bond motifs is 1. The summed E-state index contributed by atoms with van der Waals surface area (Å²) in [5.41, 5.74) is 4.97. The first kappa shape index (κ1) is 21.0. The molecule has 0 radical (unpaired) electrons. The minimum atomic E-state index is -3.81. The summed E-state index contributed by atoms with van der Waals surface area (Å²) < 4.78 is 30.4. The lowest BCUT2D eigenvalue weighted by Gasteiger charge is -2.15. The summed E-state index contributed by atoms with van der Waals surface area (Å²) in [6.45, 7) is 1.90. The van der Waals surface area contributed by atoms with E-state index in [9.17, 15) is 22.8 Å². The van der Waals surface area contributed by atoms with Gasteiger partial charge in [0, 0.05) is 18.2 Å². The van der Waals surface area contributed by atoms with Gasteiger partial charge in [0.05, 0.1) is 22.3 Å². The molecule has 3 N–H and O–H groups in total. The number of carbonyl (C=O) groups is 1. The van der Waals surface area contributed by atoms with Gasteiger partial charge in [-0.2, -0.15) is 0 Å². The van der Waals surface area contributed by atoms with E-state index in [-0.39, 0.29) is 16.8 Å². The molecule has 3 aromatic rings. The summed E-state index contributed by atoms with van der Waals surface area (Å²) in [4.78, 5) is 37.0. The van der Waals surface area contributed by atoms with Crippen LogP contribution in [0.1, 0.15) is 35.7 Å². The van der Waals surface area contributed by atoms with Gasteiger partial charge in [-0.15, -0.1) is 0 Å². The standard InChI is InChI=1S/C21H22N4O5S/c1-21(8-9-21)23-31(29,30)15-6-7-17-16(11-15)19(27)24(2)20(28)25(17)12-13-4-3-5-14(10-13)18(22)26/h3-7,10-11,23H,8-9,12H2,1-2H3,(H2,22,26). The zero-order valence-electron chi connectivity index (χ0n) is 17.1. The lowest BCUT2D eigenvalue weighted by Crippen LogP contribution is -2.38. The molecule has 0 spiro atoms. The van der Waals surface area contributed by atoms with Gasteiger partial charge >= 0.3 is 5.69 Å². The van der Waals surface area contributed by atoms with Crippen LogP contribution in [0.2, 0.25) is 0 Å². The van der Waals surface area contributed by atoms with Gasteiger partial charge in [0.25, 0.3) is 5.56 Å². The van der Waals surface area contributed by atoms with Crippen LogP contribution in [-0.2, 0) is 23.6 Å². The summed E-state index contributed by atoms with van der Waals surface area (Å²) in [5, 5.41) is 0.108. The van der Waals surface area contributed by atoms with Gasteiger partial charge in [-0.3, -0.25) is 18.7 Å². The Labute approximate surface area is 178 Å². The van der Waals surface area contributed by atoms with Gasteiger partial charge in [-0.25, -0.2) is 17.9 Å². The smallest absolute Gasteiger partial charge is 0.331 e. The van der Waals surface area contributed by atoms with Crippen molar-refractivity contribution in [1.82, 2.24) is 13.9 Å². The van der Waals surface area contributed by atoms with Gasteiger partial charge in [-0.05, 0) is 55.7 Å². The Balaban J connectivity index is 1.85. The minimum Gasteiger partial charge on any atom is -0.366 e. The first-order valence-corrected chi connectivity index (χ1v) is 11.2. The Kier molecular flexibility index (Phi) is 4.86. The number of hydrogen-bond donors (Lipinski definition) is 2. The van der Waals surface area contributed by atoms with E-state index in [1.54, 1.807) is 24.3 Å². The third kappa shape index (κ3) is 3.91. The molecule has 0 aliphatic heterocycles. The van der Waals surface area contributed by atoms with E-state index in [0.717, 1.165) is 17.4 Å². The molecule has 1 aromatic heterocycles. The molecule has 1 aliphatic rings. The molecule has 1 fully saturated rings. The highest BCUT2D eigenvalue weighted by atomic mass is 32.2. The van der Waals surface area contributed by atoms with E-state index in [1.807, 2.05) is 6.92 Å². The summed E-state index contributed by atoms with van der Waals surface area (Å²) in [5.74, 6) is -0.591. The molecule has 0 atom stereocenters. The quantitative estimate of drug-likeness (QED) is 0.579. The second-order valence-corrected chi connectivity index (χ2v) is 9.83. The average Bonchev–Trinajstić information content (AvgIpc) is 3.45. The number of benzene rings is 2. The highest BCUT2D eigenvalue weighted by molar-refractivity contribution is 7.89. The number of nitrogens with two attached hydrogens (primary N) is 1. The second-order valence-electron chi connectivity index (χ2n) is 8.14. The van der Waals surface area contributed by atoms with Crippen molar-refractivity contribution < 1.29 is 13.2 Å². The summed E-state index contributed by atoms with van der Waals surface area (Å²) >= 11 is 0. The number of sulfonamides is 1. The Morgan fingerprint density at radius 3 is 2.52 bits per heavy atom. The highest BCUT2D eigenvalue weighted by Crippen LogP contribution is 2.36. The Bertz CT molecular complexity index is 1450. The number of amides is 1. The molecule has 10 heteroatoms. The zero-order chi connectivity index (χ0) is 22.6. The minimum absolute atomic E-state index is 0.0360. The molecule has 0 bridgehead atoms. The topological polar surface area (TPSA) is 133 Å². The van der Waals surface area contributed by atoms with Gasteiger partial charge in [0.1, 0.15) is 0 Å². The molecule has 1 amide bonds. The first-order valence-electron chi connectivity index (χ1n) is 9.67. The number of nitrogens with zero attached hydrogens (tertiary/aromatic N) is 2. The van der Waals surface area contributed by atoms with Gasteiger partial charge in [0.15, 0.2) is 0 Å². The van der Waals surface area contributed by atoms with Gasteiger partial charge in [-0.1, -0.05) is 12.1 Å². The van der Waals surface area contributed by atoms with Crippen molar-refractivity contribution in [1.29, 1.82) is 0 Å². The number of rotatable bonds is 6. The fourth-order valence-electron chi connectivity index (χ4n) is 3.47. The van der Waals surface area contributed by atoms with Crippen LogP contribution in [-0.4, -0.2) is 29.0 Å². The molecule has 1 heterocycles. The lowest BCUT2D eigenvalue weighted by molar-refractivity contribution is 0.1000. The number of carbonyl (C=O) groups excluding carboxylic acids is 1. The summed E-state index contributed by atoms with van der Waals surface area (Å²) in [7, 11) is -2.47. The van der Waals surface area contributed by atoms with Crippen LogP contribution in [0, 0.1) is 0 Å². The van der Waals surface area contributed by atoms with Crippen molar-refractivity contribution >= 4 is 26.8 Å². The van der Waals surface area contributed by atoms with Crippen LogP contribution in [0.15, 0.2) is 56.9 Å². The average molecular weight is 442 g/mol. The maximum absolute atomic E-state index is 12.8. The number of aromatic nitrogens is 2. The molecule has 0 unspecified atom stereocenters. The van der Waals surface area contributed by atoms with Crippen molar-refractivity contribution in [3.05, 3.63) is 74.4 Å². The number of hydrogen-bond acceptors (Lipinski definition) is 5. The molecule has 1 aliphatic carbocycles. The van der Waals surface area contributed by atoms with E-state index in [0.29, 0.717) is 16.6 Å². The van der Waals surface area contributed by atoms with Gasteiger partial charge in [0.2, 0.25) is 15.9 Å². The fourth-order valence-corrected chi connectivity index (χ4v) is 4.96. The van der Waals surface area contributed by atoms with E-state index in [1.165, 1.54) is 29.8 Å². The normalized spacial score (nSPS) is 15.2. The molecule has 4 rings (SSSR count). The Morgan fingerprint density at radius 1 is 1.16 bits per heavy atom. The number of primary amides is 1. The third-order valence-corrected chi connectivity index (χ3v) is 7.19. The van der Waals surface area contributed by atoms with Crippen molar-refractivity contribution in [2.24, 2.45) is 12.8 Å². The highest BCUT2D eigenvalue weighted by Gasteiger charge is 2.41. The van der Waals surface area contributed by atoms with Crippen molar-refractivity contribution in [2.75, 3.05) is 0 Å². The molecule has 9 nitrogen and oxygen atoms in total. The molecule has 31 heavy (non-hydrogen) atoms. The van der Waals surface area contributed by atoms with E-state index in [4.69, 9.17) is 5.73 Å². The van der Waals surface area contributed by atoms with Crippen LogP contribution in [0.3, 0.4) is 0 Å². The first-order chi connectivity index (χ1) is 14.5. The third-order valence-electron chi connectivity index (χ3n) is 5.55. The lowest BCUT2D eigenvalue weighted by atomic mass is 10.1. The molecule has 2 aromatic carbocycles.